The van der Waals surface area contributed by atoms with Crippen molar-refractivity contribution in [1.82, 2.24) is 14.5 Å². The van der Waals surface area contributed by atoms with Crippen molar-refractivity contribution in [3.63, 3.8) is 0 Å². The molecule has 0 bridgehead atoms. The summed E-state index contributed by atoms with van der Waals surface area (Å²) in [7, 11) is 0. The molecule has 4 aromatic rings. The van der Waals surface area contributed by atoms with Crippen LogP contribution in [0.4, 0.5) is 5.69 Å². The van der Waals surface area contributed by atoms with Crippen LogP contribution < -0.4 is 10.7 Å². The highest BCUT2D eigenvalue weighted by Crippen LogP contribution is 2.29. The highest BCUT2D eigenvalue weighted by atomic mass is 16.1. The molecule has 1 amide bonds. The predicted octanol–water partition coefficient (Wildman–Crippen LogP) is 4.53. The fourth-order valence-electron chi connectivity index (χ4n) is 3.63. The maximum absolute atomic E-state index is 12.9. The third kappa shape index (κ3) is 4.89. The van der Waals surface area contributed by atoms with E-state index in [0.29, 0.717) is 33.9 Å². The zero-order valence-corrected chi connectivity index (χ0v) is 20.0. The molecule has 8 heteroatoms. The van der Waals surface area contributed by atoms with Gasteiger partial charge in [0.2, 0.25) is 0 Å². The van der Waals surface area contributed by atoms with E-state index in [1.807, 2.05) is 19.1 Å². The van der Waals surface area contributed by atoms with Gasteiger partial charge in [-0.2, -0.15) is 10.5 Å². The van der Waals surface area contributed by atoms with Gasteiger partial charge in [0.1, 0.15) is 6.07 Å². The summed E-state index contributed by atoms with van der Waals surface area (Å²) in [5, 5.41) is 22.0. The van der Waals surface area contributed by atoms with Crippen molar-refractivity contribution in [3.05, 3.63) is 106 Å². The van der Waals surface area contributed by atoms with Crippen LogP contribution in [0, 0.1) is 29.6 Å². The fraction of sp³-hybridized carbons (Fsp3) is 0.143. The molecule has 0 radical (unpaired) electrons. The Hall–Kier alpha value is -5.08. The maximum Gasteiger partial charge on any atom is 0.255 e. The minimum atomic E-state index is -0.819. The number of hydrogen-bond donors (Lipinski definition) is 1. The molecule has 176 valence electrons. The summed E-state index contributed by atoms with van der Waals surface area (Å²) in [4.78, 5) is 33.0. The minimum absolute atomic E-state index is 0.132. The van der Waals surface area contributed by atoms with Gasteiger partial charge in [0.25, 0.3) is 5.91 Å². The van der Waals surface area contributed by atoms with Crippen LogP contribution in [0.5, 0.6) is 0 Å². The third-order valence-corrected chi connectivity index (χ3v) is 5.78. The van der Waals surface area contributed by atoms with Gasteiger partial charge in [-0.1, -0.05) is 6.07 Å². The van der Waals surface area contributed by atoms with Gasteiger partial charge in [-0.05, 0) is 62.2 Å². The Morgan fingerprint density at radius 3 is 2.47 bits per heavy atom. The zero-order valence-electron chi connectivity index (χ0n) is 20.0. The second kappa shape index (κ2) is 9.65. The lowest BCUT2D eigenvalue weighted by molar-refractivity contribution is 0.102. The van der Waals surface area contributed by atoms with Crippen molar-refractivity contribution < 1.29 is 4.79 Å². The summed E-state index contributed by atoms with van der Waals surface area (Å²) in [5.41, 5.74) is 3.33. The van der Waals surface area contributed by atoms with Crippen LogP contribution in [0.1, 0.15) is 41.0 Å². The van der Waals surface area contributed by atoms with Gasteiger partial charge in [-0.15, -0.1) is 0 Å². The van der Waals surface area contributed by atoms with Gasteiger partial charge in [-0.3, -0.25) is 14.6 Å². The molecule has 0 saturated carbocycles. The molecule has 0 atom stereocenters. The Balaban J connectivity index is 1.65. The second-order valence-electron chi connectivity index (χ2n) is 8.80. The molecule has 3 aromatic heterocycles. The summed E-state index contributed by atoms with van der Waals surface area (Å²) in [6, 6.07) is 17.6. The van der Waals surface area contributed by atoms with Gasteiger partial charge in [0.15, 0.2) is 11.2 Å². The largest absolute Gasteiger partial charge is 0.322 e. The summed E-state index contributed by atoms with van der Waals surface area (Å²) < 4.78 is 1.61. The number of nitrogens with zero attached hydrogens (tertiary/aromatic N) is 5. The lowest BCUT2D eigenvalue weighted by atomic mass is 9.90. The number of amides is 1. The molecule has 0 unspecified atom stereocenters. The Labute approximate surface area is 208 Å². The van der Waals surface area contributed by atoms with Crippen LogP contribution in [-0.2, 0) is 5.41 Å². The molecule has 0 fully saturated rings. The fourth-order valence-corrected chi connectivity index (χ4v) is 3.63. The molecule has 3 heterocycles. The molecule has 0 aliphatic heterocycles. The lowest BCUT2D eigenvalue weighted by Gasteiger charge is -2.15. The average Bonchev–Trinajstić information content (AvgIpc) is 2.90. The summed E-state index contributed by atoms with van der Waals surface area (Å²) in [5.74, 6) is 0.0868. The molecule has 0 saturated heterocycles. The van der Waals surface area contributed by atoms with Gasteiger partial charge < -0.3 is 9.88 Å². The predicted molar refractivity (Wildman–Crippen MR) is 136 cm³/mol. The molecule has 4 rings (SSSR count). The van der Waals surface area contributed by atoms with Crippen molar-refractivity contribution in [2.24, 2.45) is 0 Å². The molecule has 1 aromatic carbocycles. The molecule has 0 aliphatic carbocycles. The van der Waals surface area contributed by atoms with Crippen molar-refractivity contribution in [2.45, 2.75) is 26.2 Å². The number of carbonyl (C=O) groups is 1. The summed E-state index contributed by atoms with van der Waals surface area (Å²) in [6.45, 7) is 5.42. The summed E-state index contributed by atoms with van der Waals surface area (Å²) in [6.07, 6.45) is 6.30. The maximum atomic E-state index is 12.9. The Bertz CT molecular complexity index is 1600. The van der Waals surface area contributed by atoms with E-state index in [4.69, 9.17) is 0 Å². The first kappa shape index (κ1) is 24.1. The number of rotatable bonds is 5. The Morgan fingerprint density at radius 2 is 1.78 bits per heavy atom. The van der Waals surface area contributed by atoms with E-state index in [1.54, 1.807) is 61.3 Å². The van der Waals surface area contributed by atoms with Gasteiger partial charge in [0.05, 0.1) is 22.7 Å². The Kier molecular flexibility index (Phi) is 6.45. The molecule has 0 aliphatic rings. The van der Waals surface area contributed by atoms with Crippen molar-refractivity contribution in [3.8, 4) is 29.1 Å². The van der Waals surface area contributed by atoms with E-state index in [1.165, 1.54) is 18.3 Å². The molecule has 8 nitrogen and oxygen atoms in total. The lowest BCUT2D eigenvalue weighted by Crippen LogP contribution is -2.18. The topological polar surface area (TPSA) is 124 Å². The number of anilines is 1. The van der Waals surface area contributed by atoms with E-state index < -0.39 is 5.41 Å². The van der Waals surface area contributed by atoms with E-state index >= 15 is 0 Å². The number of pyridine rings is 3. The number of hydrogen-bond acceptors (Lipinski definition) is 6. The highest BCUT2D eigenvalue weighted by Gasteiger charge is 2.22. The van der Waals surface area contributed by atoms with Crippen molar-refractivity contribution in [1.29, 1.82) is 10.5 Å². The van der Waals surface area contributed by atoms with Crippen LogP contribution in [0.25, 0.3) is 16.9 Å². The zero-order chi connectivity index (χ0) is 25.9. The third-order valence-electron chi connectivity index (χ3n) is 5.78. The SMILES string of the molecule is Cc1ccc(NC(=O)c2ccnc(C(C)(C)C#N)c2)cc1-c1cnc(-n2ccc(=O)cc2)c(C#N)c1. The van der Waals surface area contributed by atoms with E-state index in [2.05, 4.69) is 27.4 Å². The smallest absolute Gasteiger partial charge is 0.255 e. The van der Waals surface area contributed by atoms with E-state index in [0.717, 1.165) is 11.1 Å². The van der Waals surface area contributed by atoms with Crippen LogP contribution in [0.3, 0.4) is 0 Å². The molecular formula is C28H22N6O2. The first-order valence-electron chi connectivity index (χ1n) is 11.1. The highest BCUT2D eigenvalue weighted by molar-refractivity contribution is 6.04. The number of nitrogens with one attached hydrogen (secondary N) is 1. The molecular weight excluding hydrogens is 452 g/mol. The number of aromatic nitrogens is 3. The average molecular weight is 475 g/mol. The number of benzene rings is 1. The standard InChI is InChI=1S/C28H22N6O2/c1-18-4-5-22(33-27(36)19-6-9-31-25(13-19)28(2,3)17-30)14-24(18)21-12-20(15-29)26(32-16-21)34-10-7-23(35)8-11-34/h4-14,16H,1-3H3,(H,33,36). The summed E-state index contributed by atoms with van der Waals surface area (Å²) >= 11 is 0. The monoisotopic (exact) mass is 474 g/mol. The van der Waals surface area contributed by atoms with E-state index in [9.17, 15) is 20.1 Å². The van der Waals surface area contributed by atoms with Crippen molar-refractivity contribution in [2.75, 3.05) is 5.32 Å². The number of carbonyl (C=O) groups excluding carboxylic acids is 1. The van der Waals surface area contributed by atoms with Crippen LogP contribution in [-0.4, -0.2) is 20.4 Å². The van der Waals surface area contributed by atoms with Gasteiger partial charge in [-0.25, -0.2) is 4.98 Å². The van der Waals surface area contributed by atoms with Crippen molar-refractivity contribution >= 4 is 11.6 Å². The number of aryl methyl sites for hydroxylation is 1. The first-order chi connectivity index (χ1) is 17.2. The van der Waals surface area contributed by atoms with Gasteiger partial charge in [0, 0.05) is 53.7 Å². The molecule has 36 heavy (non-hydrogen) atoms. The van der Waals surface area contributed by atoms with Crippen LogP contribution >= 0.6 is 0 Å². The second-order valence-corrected chi connectivity index (χ2v) is 8.80. The van der Waals surface area contributed by atoms with Crippen LogP contribution in [0.2, 0.25) is 0 Å². The normalized spacial score (nSPS) is 10.8. The first-order valence-corrected chi connectivity index (χ1v) is 11.1. The number of nitriles is 2. The quantitative estimate of drug-likeness (QED) is 0.453. The Morgan fingerprint density at radius 1 is 1.03 bits per heavy atom. The molecule has 1 N–H and O–H groups in total. The minimum Gasteiger partial charge on any atom is -0.322 e. The van der Waals surface area contributed by atoms with E-state index in [-0.39, 0.29) is 11.3 Å². The van der Waals surface area contributed by atoms with Crippen LogP contribution in [0.15, 0.2) is 78.1 Å². The van der Waals surface area contributed by atoms with Gasteiger partial charge >= 0.3 is 0 Å². The molecule has 0 spiro atoms.